The quantitative estimate of drug-likeness (QED) is 0.541. The summed E-state index contributed by atoms with van der Waals surface area (Å²) in [5.74, 6) is -1.86. The van der Waals surface area contributed by atoms with Crippen molar-refractivity contribution in [1.82, 2.24) is 0 Å². The fourth-order valence-corrected chi connectivity index (χ4v) is 4.29. The van der Waals surface area contributed by atoms with Gasteiger partial charge in [0.2, 0.25) is 0 Å². The van der Waals surface area contributed by atoms with E-state index in [0.717, 1.165) is 14.2 Å². The third-order valence-corrected chi connectivity index (χ3v) is 5.31. The standard InChI is InChI=1S/C15H14O9S2/c1-23-13-10(12(16)9-6-4-3-5-7-9)8-11(25(17,18)19)15(14(13)24-2)26(20,21)22/h3-8H,1-2H3,(H,17,18,19)(H,20,21,22). The van der Waals surface area contributed by atoms with Gasteiger partial charge in [-0.3, -0.25) is 13.9 Å². The molecule has 0 aliphatic heterocycles. The van der Waals surface area contributed by atoms with E-state index in [-0.39, 0.29) is 11.1 Å². The molecule has 0 atom stereocenters. The highest BCUT2D eigenvalue weighted by Crippen LogP contribution is 2.42. The summed E-state index contributed by atoms with van der Waals surface area (Å²) in [7, 11) is -8.21. The first-order valence-electron chi connectivity index (χ1n) is 6.86. The number of benzene rings is 2. The number of ketones is 1. The molecular formula is C15H14O9S2. The molecule has 0 radical (unpaired) electrons. The second kappa shape index (κ2) is 7.03. The number of rotatable bonds is 6. The molecule has 0 heterocycles. The van der Waals surface area contributed by atoms with Gasteiger partial charge in [0, 0.05) is 5.56 Å². The lowest BCUT2D eigenvalue weighted by Crippen LogP contribution is -2.15. The van der Waals surface area contributed by atoms with E-state index in [0.29, 0.717) is 6.07 Å². The van der Waals surface area contributed by atoms with Gasteiger partial charge < -0.3 is 9.47 Å². The molecule has 11 heteroatoms. The number of carbonyl (C=O) groups excluding carboxylic acids is 1. The van der Waals surface area contributed by atoms with Gasteiger partial charge in [-0.05, 0) is 6.07 Å². The highest BCUT2D eigenvalue weighted by Gasteiger charge is 2.34. The smallest absolute Gasteiger partial charge is 0.299 e. The molecule has 26 heavy (non-hydrogen) atoms. The fourth-order valence-electron chi connectivity index (χ4n) is 2.34. The van der Waals surface area contributed by atoms with Gasteiger partial charge in [-0.25, -0.2) is 0 Å². The predicted octanol–water partition coefficient (Wildman–Crippen LogP) is 1.43. The van der Waals surface area contributed by atoms with Crippen LogP contribution in [0.2, 0.25) is 0 Å². The van der Waals surface area contributed by atoms with E-state index in [1.807, 2.05) is 0 Å². The van der Waals surface area contributed by atoms with Crippen molar-refractivity contribution in [1.29, 1.82) is 0 Å². The Kier molecular flexibility index (Phi) is 5.37. The number of hydrogen-bond donors (Lipinski definition) is 2. The predicted molar refractivity (Wildman–Crippen MR) is 89.0 cm³/mol. The molecule has 2 aromatic carbocycles. The van der Waals surface area contributed by atoms with Gasteiger partial charge in [0.25, 0.3) is 20.2 Å². The molecule has 0 saturated carbocycles. The van der Waals surface area contributed by atoms with Crippen molar-refractivity contribution in [3.8, 4) is 11.5 Å². The number of ether oxygens (including phenoxy) is 2. The van der Waals surface area contributed by atoms with Crippen LogP contribution in [0.5, 0.6) is 11.5 Å². The van der Waals surface area contributed by atoms with Crippen LogP contribution in [0.3, 0.4) is 0 Å². The summed E-state index contributed by atoms with van der Waals surface area (Å²) in [6.07, 6.45) is 0. The lowest BCUT2D eigenvalue weighted by Gasteiger charge is -2.17. The Labute approximate surface area is 149 Å². The molecule has 0 fully saturated rings. The molecule has 0 bridgehead atoms. The second-order valence-corrected chi connectivity index (χ2v) is 7.71. The van der Waals surface area contributed by atoms with Crippen molar-refractivity contribution < 1.29 is 40.2 Å². The lowest BCUT2D eigenvalue weighted by molar-refractivity contribution is 0.103. The molecule has 0 aromatic heterocycles. The number of methoxy groups -OCH3 is 2. The topological polar surface area (TPSA) is 144 Å². The van der Waals surface area contributed by atoms with Gasteiger partial charge >= 0.3 is 0 Å². The molecule has 0 unspecified atom stereocenters. The van der Waals surface area contributed by atoms with Crippen molar-refractivity contribution >= 4 is 26.0 Å². The van der Waals surface area contributed by atoms with E-state index in [2.05, 4.69) is 0 Å². The maximum Gasteiger partial charge on any atom is 0.299 e. The van der Waals surface area contributed by atoms with Crippen molar-refractivity contribution in [3.05, 3.63) is 47.5 Å². The molecule has 0 amide bonds. The Bertz CT molecular complexity index is 1060. The third-order valence-electron chi connectivity index (χ3n) is 3.38. The van der Waals surface area contributed by atoms with Crippen molar-refractivity contribution in [2.75, 3.05) is 14.2 Å². The second-order valence-electron chi connectivity index (χ2n) is 4.96. The lowest BCUT2D eigenvalue weighted by atomic mass is 10.0. The van der Waals surface area contributed by atoms with E-state index >= 15 is 0 Å². The van der Waals surface area contributed by atoms with Crippen molar-refractivity contribution in [2.24, 2.45) is 0 Å². The Morgan fingerprint density at radius 1 is 0.885 bits per heavy atom. The van der Waals surface area contributed by atoms with Crippen LogP contribution in [-0.2, 0) is 20.2 Å². The number of carbonyl (C=O) groups is 1. The van der Waals surface area contributed by atoms with Gasteiger partial charge in [-0.15, -0.1) is 0 Å². The van der Waals surface area contributed by atoms with Crippen LogP contribution in [0, 0.1) is 0 Å². The zero-order valence-electron chi connectivity index (χ0n) is 13.5. The van der Waals surface area contributed by atoms with E-state index in [4.69, 9.17) is 9.47 Å². The van der Waals surface area contributed by atoms with Crippen LogP contribution >= 0.6 is 0 Å². The largest absolute Gasteiger partial charge is 0.492 e. The summed E-state index contributed by atoms with van der Waals surface area (Å²) in [5, 5.41) is 0. The minimum Gasteiger partial charge on any atom is -0.492 e. The molecule has 0 saturated heterocycles. The van der Waals surface area contributed by atoms with Crippen LogP contribution < -0.4 is 9.47 Å². The van der Waals surface area contributed by atoms with Crippen LogP contribution in [0.1, 0.15) is 15.9 Å². The first-order chi connectivity index (χ1) is 12.0. The molecule has 2 N–H and O–H groups in total. The van der Waals surface area contributed by atoms with Gasteiger partial charge in [-0.1, -0.05) is 30.3 Å². The third kappa shape index (κ3) is 3.70. The van der Waals surface area contributed by atoms with E-state index in [1.165, 1.54) is 12.1 Å². The molecule has 0 aliphatic rings. The van der Waals surface area contributed by atoms with Gasteiger partial charge in [-0.2, -0.15) is 16.8 Å². The molecule has 2 aromatic rings. The minimum atomic E-state index is -5.15. The molecular weight excluding hydrogens is 388 g/mol. The summed E-state index contributed by atoms with van der Waals surface area (Å²) < 4.78 is 75.3. The van der Waals surface area contributed by atoms with Gasteiger partial charge in [0.1, 0.15) is 4.90 Å². The van der Waals surface area contributed by atoms with Crippen LogP contribution in [0.15, 0.2) is 46.2 Å². The summed E-state index contributed by atoms with van der Waals surface area (Å²) in [6, 6.07) is 8.27. The Morgan fingerprint density at radius 3 is 1.85 bits per heavy atom. The van der Waals surface area contributed by atoms with Crippen LogP contribution in [-0.4, -0.2) is 45.9 Å². The first-order valence-corrected chi connectivity index (χ1v) is 9.74. The number of hydrogen-bond acceptors (Lipinski definition) is 7. The minimum absolute atomic E-state index is 0.147. The maximum absolute atomic E-state index is 12.7. The van der Waals surface area contributed by atoms with Crippen LogP contribution in [0.25, 0.3) is 0 Å². The highest BCUT2D eigenvalue weighted by atomic mass is 32.2. The Morgan fingerprint density at radius 2 is 1.42 bits per heavy atom. The molecule has 140 valence electrons. The molecule has 2 rings (SSSR count). The molecule has 0 spiro atoms. The Hall–Kier alpha value is -2.47. The van der Waals surface area contributed by atoms with E-state index in [9.17, 15) is 30.7 Å². The van der Waals surface area contributed by atoms with E-state index in [1.54, 1.807) is 18.2 Å². The summed E-state index contributed by atoms with van der Waals surface area (Å²) in [6.45, 7) is 0. The van der Waals surface area contributed by atoms with Crippen molar-refractivity contribution in [3.63, 3.8) is 0 Å². The summed E-state index contributed by atoms with van der Waals surface area (Å²) in [5.41, 5.74) is -0.232. The van der Waals surface area contributed by atoms with Crippen molar-refractivity contribution in [2.45, 2.75) is 9.79 Å². The van der Waals surface area contributed by atoms with Gasteiger partial charge in [0.05, 0.1) is 19.8 Å². The highest BCUT2D eigenvalue weighted by molar-refractivity contribution is 7.89. The summed E-state index contributed by atoms with van der Waals surface area (Å²) in [4.78, 5) is 10.3. The van der Waals surface area contributed by atoms with Crippen LogP contribution in [0.4, 0.5) is 0 Å². The first kappa shape index (κ1) is 19.8. The normalized spacial score (nSPS) is 11.8. The van der Waals surface area contributed by atoms with E-state index < -0.39 is 47.3 Å². The zero-order valence-corrected chi connectivity index (χ0v) is 15.2. The average Bonchev–Trinajstić information content (AvgIpc) is 2.58. The Balaban J connectivity index is 2.98. The monoisotopic (exact) mass is 402 g/mol. The van der Waals surface area contributed by atoms with Gasteiger partial charge in [0.15, 0.2) is 22.2 Å². The molecule has 9 nitrogen and oxygen atoms in total. The molecule has 0 aliphatic carbocycles. The maximum atomic E-state index is 12.7. The average molecular weight is 402 g/mol. The SMILES string of the molecule is COc1c(C(=O)c2ccccc2)cc(S(=O)(=O)O)c(S(=O)(=O)O)c1OC. The fraction of sp³-hybridized carbons (Fsp3) is 0.133. The summed E-state index contributed by atoms with van der Waals surface area (Å²) >= 11 is 0. The zero-order chi connectivity index (χ0) is 19.7.